The number of aliphatic hydroxyl groups is 3. The van der Waals surface area contributed by atoms with Gasteiger partial charge in [-0.3, -0.25) is 4.79 Å². The average Bonchev–Trinajstić information content (AvgIpc) is 3.19. The van der Waals surface area contributed by atoms with Gasteiger partial charge in [0.15, 0.2) is 0 Å². The molecule has 7 atom stereocenters. The first kappa shape index (κ1) is 31.6. The lowest BCUT2D eigenvalue weighted by Crippen LogP contribution is -2.45. The van der Waals surface area contributed by atoms with Gasteiger partial charge in [-0.05, 0) is 94.1 Å². The molecule has 3 saturated carbocycles. The van der Waals surface area contributed by atoms with Gasteiger partial charge in [0, 0.05) is 12.8 Å². The minimum atomic E-state index is -1.03. The first-order valence-electron chi connectivity index (χ1n) is 14.7. The van der Waals surface area contributed by atoms with Crippen LogP contribution in [0.2, 0.25) is 0 Å². The fraction of sp³-hybridized carbons (Fsp3) is 0.727. The zero-order valence-corrected chi connectivity index (χ0v) is 24.8. The number of hydrogen-bond donors (Lipinski definition) is 3. The van der Waals surface area contributed by atoms with E-state index in [1.54, 1.807) is 27.7 Å². The largest absolute Gasteiger partial charge is 0.463 e. The van der Waals surface area contributed by atoms with Gasteiger partial charge < -0.3 is 24.8 Å². The summed E-state index contributed by atoms with van der Waals surface area (Å²) in [6, 6.07) is 0. The zero-order chi connectivity index (χ0) is 29.0. The summed E-state index contributed by atoms with van der Waals surface area (Å²) < 4.78 is 10.8. The van der Waals surface area contributed by atoms with Crippen molar-refractivity contribution in [2.24, 2.45) is 23.2 Å². The van der Waals surface area contributed by atoms with E-state index in [1.807, 2.05) is 6.08 Å². The third-order valence-electron chi connectivity index (χ3n) is 8.91. The van der Waals surface area contributed by atoms with Gasteiger partial charge in [-0.2, -0.15) is 0 Å². The predicted octanol–water partition coefficient (Wildman–Crippen LogP) is 5.26. The van der Waals surface area contributed by atoms with Crippen molar-refractivity contribution in [3.63, 3.8) is 0 Å². The quantitative estimate of drug-likeness (QED) is 0.286. The van der Waals surface area contributed by atoms with Crippen LogP contribution in [0.15, 0.2) is 35.5 Å². The van der Waals surface area contributed by atoms with Crippen LogP contribution in [0.1, 0.15) is 92.9 Å². The fourth-order valence-corrected chi connectivity index (χ4v) is 7.04. The van der Waals surface area contributed by atoms with Crippen LogP contribution in [0.5, 0.6) is 0 Å². The van der Waals surface area contributed by atoms with Crippen LogP contribution < -0.4 is 0 Å². The Bertz CT molecular complexity index is 1010. The van der Waals surface area contributed by atoms with E-state index in [-0.39, 0.29) is 30.5 Å². The molecule has 3 aliphatic carbocycles. The molecule has 3 N–H and O–H groups in total. The van der Waals surface area contributed by atoms with Crippen molar-refractivity contribution in [3.05, 3.63) is 35.5 Å². The van der Waals surface area contributed by atoms with Gasteiger partial charge in [-0.1, -0.05) is 44.1 Å². The monoisotopic (exact) mass is 542 g/mol. The lowest BCUT2D eigenvalue weighted by Gasteiger charge is -2.44. The Morgan fingerprint density at radius 2 is 1.95 bits per heavy atom. The number of ether oxygens (including phenoxy) is 2. The summed E-state index contributed by atoms with van der Waals surface area (Å²) in [6.45, 7) is 16.0. The molecular weight excluding hydrogens is 492 g/mol. The summed E-state index contributed by atoms with van der Waals surface area (Å²) in [5.41, 5.74) is 2.14. The van der Waals surface area contributed by atoms with Crippen molar-refractivity contribution >= 4 is 5.97 Å². The molecule has 6 nitrogen and oxygen atoms in total. The molecule has 3 fully saturated rings. The molecular formula is C33H50O6. The highest BCUT2D eigenvalue weighted by Gasteiger charge is 2.50. The molecule has 0 bridgehead atoms. The number of allylic oxidation sites excluding steroid dienone is 3. The second-order valence-electron chi connectivity index (χ2n) is 12.9. The van der Waals surface area contributed by atoms with Crippen molar-refractivity contribution in [3.8, 4) is 11.8 Å². The minimum absolute atomic E-state index is 0.0706. The van der Waals surface area contributed by atoms with Crippen molar-refractivity contribution in [2.75, 3.05) is 6.61 Å². The number of carbonyl (C=O) groups is 1. The Morgan fingerprint density at radius 1 is 1.23 bits per heavy atom. The minimum Gasteiger partial charge on any atom is -0.463 e. The van der Waals surface area contributed by atoms with Crippen molar-refractivity contribution in [1.82, 2.24) is 0 Å². The van der Waals surface area contributed by atoms with E-state index < -0.39 is 23.9 Å². The number of fused-ring (bicyclic) bond motifs is 1. The second-order valence-corrected chi connectivity index (χ2v) is 12.9. The average molecular weight is 543 g/mol. The predicted molar refractivity (Wildman–Crippen MR) is 154 cm³/mol. The molecule has 3 aliphatic rings. The van der Waals surface area contributed by atoms with Crippen molar-refractivity contribution < 1.29 is 29.6 Å². The highest BCUT2D eigenvalue weighted by atomic mass is 16.5. The second kappa shape index (κ2) is 13.2. The summed E-state index contributed by atoms with van der Waals surface area (Å²) in [5.74, 6) is 7.42. The van der Waals surface area contributed by atoms with Crippen molar-refractivity contribution in [1.29, 1.82) is 0 Å². The van der Waals surface area contributed by atoms with Crippen LogP contribution in [-0.4, -0.2) is 57.9 Å². The Labute approximate surface area is 235 Å². The third-order valence-corrected chi connectivity index (χ3v) is 8.91. The zero-order valence-electron chi connectivity index (χ0n) is 24.8. The highest BCUT2D eigenvalue weighted by Crippen LogP contribution is 2.59. The molecule has 39 heavy (non-hydrogen) atoms. The smallest absolute Gasteiger partial charge is 0.308 e. The molecule has 0 heterocycles. The number of carbonyl (C=O) groups excluding carboxylic acids is 1. The molecule has 0 aliphatic heterocycles. The van der Waals surface area contributed by atoms with Crippen molar-refractivity contribution in [2.45, 2.75) is 123 Å². The normalized spacial score (nSPS) is 34.1. The van der Waals surface area contributed by atoms with Crippen LogP contribution in [0.25, 0.3) is 0 Å². The molecule has 0 radical (unpaired) electrons. The highest BCUT2D eigenvalue weighted by molar-refractivity contribution is 5.69. The molecule has 0 amide bonds. The van der Waals surface area contributed by atoms with Gasteiger partial charge in [-0.15, -0.1) is 5.92 Å². The summed E-state index contributed by atoms with van der Waals surface area (Å²) >= 11 is 0. The number of aliphatic hydroxyl groups excluding tert-OH is 2. The van der Waals surface area contributed by atoms with Gasteiger partial charge in [0.2, 0.25) is 0 Å². The first-order valence-corrected chi connectivity index (χ1v) is 14.7. The summed E-state index contributed by atoms with van der Waals surface area (Å²) in [4.78, 5) is 11.8. The topological polar surface area (TPSA) is 96.2 Å². The first-order chi connectivity index (χ1) is 18.2. The molecule has 0 saturated heterocycles. The number of hydrogen-bond acceptors (Lipinski definition) is 6. The van der Waals surface area contributed by atoms with Gasteiger partial charge in [-0.25, -0.2) is 0 Å². The molecule has 6 heteroatoms. The van der Waals surface area contributed by atoms with E-state index in [0.717, 1.165) is 24.8 Å². The lowest BCUT2D eigenvalue weighted by molar-refractivity contribution is -0.151. The number of rotatable bonds is 8. The van der Waals surface area contributed by atoms with Crippen LogP contribution in [0, 0.1) is 35.0 Å². The van der Waals surface area contributed by atoms with E-state index in [2.05, 4.69) is 38.3 Å². The summed E-state index contributed by atoms with van der Waals surface area (Å²) in [6.07, 6.45) is 8.36. The van der Waals surface area contributed by atoms with Crippen LogP contribution in [-0.2, 0) is 14.3 Å². The van der Waals surface area contributed by atoms with Gasteiger partial charge >= 0.3 is 5.97 Å². The van der Waals surface area contributed by atoms with E-state index >= 15 is 0 Å². The van der Waals surface area contributed by atoms with Gasteiger partial charge in [0.05, 0.1) is 25.2 Å². The SMILES string of the molecule is C=C1/C(=C\C=C2/CCC[C@@]3(C)C2CC[C@@H]3[C@H](C)CC#CC(C)(C)O)C[C@@H](O)[C@H](OCCC(=O)OC(C)C)[C@@H]1O. The summed E-state index contributed by atoms with van der Waals surface area (Å²) in [5, 5.41) is 31.5. The molecule has 0 aromatic carbocycles. The van der Waals surface area contributed by atoms with Crippen LogP contribution in [0.4, 0.5) is 0 Å². The number of esters is 1. The van der Waals surface area contributed by atoms with E-state index in [9.17, 15) is 20.1 Å². The molecule has 0 spiro atoms. The van der Waals surface area contributed by atoms with E-state index in [0.29, 0.717) is 29.7 Å². The van der Waals surface area contributed by atoms with Crippen LogP contribution >= 0.6 is 0 Å². The Kier molecular flexibility index (Phi) is 10.7. The molecule has 1 unspecified atom stereocenters. The fourth-order valence-electron chi connectivity index (χ4n) is 7.04. The van der Waals surface area contributed by atoms with Gasteiger partial charge in [0.25, 0.3) is 0 Å². The molecule has 0 aromatic heterocycles. The Balaban J connectivity index is 1.65. The van der Waals surface area contributed by atoms with E-state index in [4.69, 9.17) is 9.47 Å². The Morgan fingerprint density at radius 3 is 2.62 bits per heavy atom. The molecule has 3 rings (SSSR count). The Hall–Kier alpha value is -1.91. The standard InChI is InChI=1S/C33H50O6/c1-21(2)39-29(35)16-19-38-31-28(34)20-25(23(4)30(31)36)13-12-24-11-9-18-33(7)26(14-15-27(24)33)22(3)10-8-17-32(5,6)37/h12-13,21-22,26-28,30-31,34,36-37H,4,9-11,14-16,18-20H2,1-3,5-7H3/b24-12+,25-13-/t22-,26-,27?,28-,30-,31+,33-/m1/s1. The van der Waals surface area contributed by atoms with Gasteiger partial charge in [0.1, 0.15) is 17.8 Å². The summed E-state index contributed by atoms with van der Waals surface area (Å²) in [7, 11) is 0. The van der Waals surface area contributed by atoms with E-state index in [1.165, 1.54) is 24.8 Å². The maximum absolute atomic E-state index is 11.8. The maximum Gasteiger partial charge on any atom is 0.308 e. The van der Waals surface area contributed by atoms with Crippen LogP contribution in [0.3, 0.4) is 0 Å². The molecule has 218 valence electrons. The molecule has 0 aromatic rings. The maximum atomic E-state index is 11.8. The lowest BCUT2D eigenvalue weighted by atomic mass is 9.61. The third kappa shape index (κ3) is 8.07.